The summed E-state index contributed by atoms with van der Waals surface area (Å²) in [6.45, 7) is 2.03. The summed E-state index contributed by atoms with van der Waals surface area (Å²) in [5.41, 5.74) is 4.50. The van der Waals surface area contributed by atoms with E-state index in [2.05, 4.69) is 17.1 Å². The van der Waals surface area contributed by atoms with Crippen LogP contribution in [0.4, 0.5) is 0 Å². The van der Waals surface area contributed by atoms with Gasteiger partial charge in [0.25, 0.3) is 0 Å². The van der Waals surface area contributed by atoms with Gasteiger partial charge in [-0.15, -0.1) is 0 Å². The molecular formula is C14H12N2. The minimum absolute atomic E-state index is 0.471. The van der Waals surface area contributed by atoms with Gasteiger partial charge in [-0.1, -0.05) is 24.3 Å². The summed E-state index contributed by atoms with van der Waals surface area (Å²) in [6, 6.07) is 12.3. The number of pyridine rings is 1. The standard InChI is InChI=1S/C14H12N2/c1-11-9-13(5-4-12(11)6-7-15)14-3-2-8-16-10-14/h2-5,8-10H,6H2,1H3. The zero-order valence-electron chi connectivity index (χ0n) is 9.14. The molecule has 2 aromatic rings. The fourth-order valence-corrected chi connectivity index (χ4v) is 1.69. The molecule has 0 N–H and O–H groups in total. The summed E-state index contributed by atoms with van der Waals surface area (Å²) in [4.78, 5) is 4.10. The topological polar surface area (TPSA) is 36.7 Å². The molecule has 0 atom stereocenters. The molecule has 0 saturated carbocycles. The second kappa shape index (κ2) is 4.59. The summed E-state index contributed by atoms with van der Waals surface area (Å²) in [7, 11) is 0. The number of nitrogens with zero attached hydrogens (tertiary/aromatic N) is 2. The summed E-state index contributed by atoms with van der Waals surface area (Å²) >= 11 is 0. The first kappa shape index (κ1) is 10.4. The summed E-state index contributed by atoms with van der Waals surface area (Å²) in [5, 5.41) is 8.67. The summed E-state index contributed by atoms with van der Waals surface area (Å²) in [5.74, 6) is 0. The van der Waals surface area contributed by atoms with Gasteiger partial charge in [-0.3, -0.25) is 4.98 Å². The number of hydrogen-bond donors (Lipinski definition) is 0. The van der Waals surface area contributed by atoms with E-state index in [0.717, 1.165) is 22.3 Å². The van der Waals surface area contributed by atoms with Crippen molar-refractivity contribution in [2.75, 3.05) is 0 Å². The number of nitriles is 1. The van der Waals surface area contributed by atoms with Gasteiger partial charge in [0.15, 0.2) is 0 Å². The van der Waals surface area contributed by atoms with E-state index in [4.69, 9.17) is 5.26 Å². The van der Waals surface area contributed by atoms with Crippen LogP contribution in [0, 0.1) is 18.3 Å². The maximum atomic E-state index is 8.67. The minimum Gasteiger partial charge on any atom is -0.264 e. The van der Waals surface area contributed by atoms with E-state index in [1.54, 1.807) is 6.20 Å². The third-order valence-electron chi connectivity index (χ3n) is 2.61. The van der Waals surface area contributed by atoms with E-state index in [0.29, 0.717) is 6.42 Å². The average Bonchev–Trinajstić information content (AvgIpc) is 2.33. The molecule has 0 saturated heterocycles. The number of hydrogen-bond acceptors (Lipinski definition) is 2. The van der Waals surface area contributed by atoms with E-state index in [1.807, 2.05) is 37.4 Å². The van der Waals surface area contributed by atoms with E-state index in [9.17, 15) is 0 Å². The lowest BCUT2D eigenvalue weighted by Crippen LogP contribution is -1.88. The Balaban J connectivity index is 2.39. The maximum Gasteiger partial charge on any atom is 0.0669 e. The molecule has 0 radical (unpaired) electrons. The van der Waals surface area contributed by atoms with E-state index >= 15 is 0 Å². The van der Waals surface area contributed by atoms with Gasteiger partial charge in [0, 0.05) is 12.4 Å². The van der Waals surface area contributed by atoms with Crippen LogP contribution < -0.4 is 0 Å². The first-order valence-electron chi connectivity index (χ1n) is 5.18. The van der Waals surface area contributed by atoms with Gasteiger partial charge in [-0.2, -0.15) is 5.26 Å². The first-order valence-corrected chi connectivity index (χ1v) is 5.18. The molecule has 0 aliphatic carbocycles. The molecule has 0 aliphatic heterocycles. The van der Waals surface area contributed by atoms with Crippen LogP contribution in [-0.4, -0.2) is 4.98 Å². The molecular weight excluding hydrogens is 196 g/mol. The lowest BCUT2D eigenvalue weighted by Gasteiger charge is -2.05. The molecule has 0 fully saturated rings. The van der Waals surface area contributed by atoms with Gasteiger partial charge < -0.3 is 0 Å². The molecule has 0 spiro atoms. The van der Waals surface area contributed by atoms with Crippen molar-refractivity contribution in [3.05, 3.63) is 53.9 Å². The Kier molecular flexibility index (Phi) is 2.98. The van der Waals surface area contributed by atoms with Crippen molar-refractivity contribution in [3.8, 4) is 17.2 Å². The van der Waals surface area contributed by atoms with Crippen LogP contribution in [-0.2, 0) is 6.42 Å². The summed E-state index contributed by atoms with van der Waals surface area (Å²) < 4.78 is 0. The van der Waals surface area contributed by atoms with Crippen molar-refractivity contribution in [2.45, 2.75) is 13.3 Å². The van der Waals surface area contributed by atoms with E-state index in [-0.39, 0.29) is 0 Å². The second-order valence-electron chi connectivity index (χ2n) is 3.72. The lowest BCUT2D eigenvalue weighted by atomic mass is 10.00. The molecule has 1 aromatic carbocycles. The SMILES string of the molecule is Cc1cc(-c2cccnc2)ccc1CC#N. The van der Waals surface area contributed by atoms with E-state index in [1.165, 1.54) is 0 Å². The molecule has 0 bridgehead atoms. The highest BCUT2D eigenvalue weighted by Gasteiger charge is 2.01. The van der Waals surface area contributed by atoms with Crippen LogP contribution in [0.5, 0.6) is 0 Å². The van der Waals surface area contributed by atoms with Gasteiger partial charge in [0.2, 0.25) is 0 Å². The molecule has 1 heterocycles. The normalized spacial score (nSPS) is 9.75. The Morgan fingerprint density at radius 2 is 2.12 bits per heavy atom. The molecule has 2 heteroatoms. The van der Waals surface area contributed by atoms with Crippen LogP contribution in [0.3, 0.4) is 0 Å². The van der Waals surface area contributed by atoms with Gasteiger partial charge in [-0.25, -0.2) is 0 Å². The number of aromatic nitrogens is 1. The highest BCUT2D eigenvalue weighted by atomic mass is 14.6. The van der Waals surface area contributed by atoms with Crippen molar-refractivity contribution >= 4 is 0 Å². The average molecular weight is 208 g/mol. The van der Waals surface area contributed by atoms with Crippen LogP contribution in [0.25, 0.3) is 11.1 Å². The predicted octanol–water partition coefficient (Wildman–Crippen LogP) is 3.12. The summed E-state index contributed by atoms with van der Waals surface area (Å²) in [6.07, 6.45) is 4.08. The van der Waals surface area contributed by atoms with Gasteiger partial charge in [-0.05, 0) is 35.2 Å². The number of benzene rings is 1. The third kappa shape index (κ3) is 2.09. The van der Waals surface area contributed by atoms with Crippen LogP contribution in [0.2, 0.25) is 0 Å². The maximum absolute atomic E-state index is 8.67. The van der Waals surface area contributed by atoms with Crippen molar-refractivity contribution in [1.29, 1.82) is 5.26 Å². The van der Waals surface area contributed by atoms with Crippen molar-refractivity contribution in [3.63, 3.8) is 0 Å². The fourth-order valence-electron chi connectivity index (χ4n) is 1.69. The van der Waals surface area contributed by atoms with E-state index < -0.39 is 0 Å². The van der Waals surface area contributed by atoms with Crippen LogP contribution >= 0.6 is 0 Å². The zero-order valence-corrected chi connectivity index (χ0v) is 9.14. The minimum atomic E-state index is 0.471. The molecule has 2 nitrogen and oxygen atoms in total. The Labute approximate surface area is 95.2 Å². The second-order valence-corrected chi connectivity index (χ2v) is 3.72. The fraction of sp³-hybridized carbons (Fsp3) is 0.143. The molecule has 78 valence electrons. The highest BCUT2D eigenvalue weighted by Crippen LogP contribution is 2.21. The molecule has 0 unspecified atom stereocenters. The van der Waals surface area contributed by atoms with Gasteiger partial charge >= 0.3 is 0 Å². The van der Waals surface area contributed by atoms with Crippen LogP contribution in [0.15, 0.2) is 42.7 Å². The molecule has 0 aliphatic rings. The van der Waals surface area contributed by atoms with Crippen molar-refractivity contribution in [2.24, 2.45) is 0 Å². The highest BCUT2D eigenvalue weighted by molar-refractivity contribution is 5.63. The monoisotopic (exact) mass is 208 g/mol. The molecule has 1 aromatic heterocycles. The van der Waals surface area contributed by atoms with Crippen LogP contribution in [0.1, 0.15) is 11.1 Å². The Hall–Kier alpha value is -2.14. The predicted molar refractivity (Wildman–Crippen MR) is 63.7 cm³/mol. The number of aryl methyl sites for hydroxylation is 1. The first-order chi connectivity index (χ1) is 7.81. The van der Waals surface area contributed by atoms with Crippen molar-refractivity contribution in [1.82, 2.24) is 4.98 Å². The van der Waals surface area contributed by atoms with Crippen molar-refractivity contribution < 1.29 is 0 Å². The largest absolute Gasteiger partial charge is 0.264 e. The molecule has 16 heavy (non-hydrogen) atoms. The smallest absolute Gasteiger partial charge is 0.0669 e. The molecule has 2 rings (SSSR count). The van der Waals surface area contributed by atoms with Gasteiger partial charge in [0.05, 0.1) is 12.5 Å². The Morgan fingerprint density at radius 1 is 1.25 bits per heavy atom. The number of rotatable bonds is 2. The Morgan fingerprint density at radius 3 is 2.75 bits per heavy atom. The molecule has 0 amide bonds. The van der Waals surface area contributed by atoms with Gasteiger partial charge in [0.1, 0.15) is 0 Å². The lowest BCUT2D eigenvalue weighted by molar-refractivity contribution is 1.21. The third-order valence-corrected chi connectivity index (χ3v) is 2.61. The zero-order chi connectivity index (χ0) is 11.4. The quantitative estimate of drug-likeness (QED) is 0.760. The Bertz CT molecular complexity index is 524.